The smallest absolute Gasteiger partial charge is 0.234 e. The van der Waals surface area contributed by atoms with Crippen LogP contribution in [0.2, 0.25) is 0 Å². The summed E-state index contributed by atoms with van der Waals surface area (Å²) >= 11 is 0. The van der Waals surface area contributed by atoms with Crippen molar-refractivity contribution in [2.75, 3.05) is 72.7 Å². The molecular formula is C14H27N3O4. The van der Waals surface area contributed by atoms with Crippen LogP contribution < -0.4 is 5.32 Å². The van der Waals surface area contributed by atoms with Gasteiger partial charge in [-0.25, -0.2) is 0 Å². The Labute approximate surface area is 126 Å². The lowest BCUT2D eigenvalue weighted by Gasteiger charge is -2.31. The van der Waals surface area contributed by atoms with E-state index >= 15 is 0 Å². The first-order valence-corrected chi connectivity index (χ1v) is 7.40. The van der Waals surface area contributed by atoms with E-state index in [0.29, 0.717) is 32.9 Å². The molecular weight excluding hydrogens is 274 g/mol. The van der Waals surface area contributed by atoms with E-state index < -0.39 is 0 Å². The molecule has 0 aromatic heterocycles. The SMILES string of the molecule is CC(=O)COCCOCCNC(=O)CN1CCN(C)CC1. The third kappa shape index (κ3) is 9.52. The Bertz CT molecular complexity index is 317. The summed E-state index contributed by atoms with van der Waals surface area (Å²) in [6.45, 7) is 7.75. The van der Waals surface area contributed by atoms with E-state index in [9.17, 15) is 9.59 Å². The number of likely N-dealkylation sites (N-methyl/N-ethyl adjacent to an activating group) is 1. The third-order valence-electron chi connectivity index (χ3n) is 3.21. The van der Waals surface area contributed by atoms with Crippen molar-refractivity contribution < 1.29 is 19.1 Å². The van der Waals surface area contributed by atoms with Gasteiger partial charge in [-0.2, -0.15) is 0 Å². The molecule has 0 aromatic rings. The van der Waals surface area contributed by atoms with Gasteiger partial charge < -0.3 is 19.7 Å². The van der Waals surface area contributed by atoms with Crippen LogP contribution in [0.5, 0.6) is 0 Å². The molecule has 1 heterocycles. The number of hydrogen-bond acceptors (Lipinski definition) is 6. The van der Waals surface area contributed by atoms with Crippen molar-refractivity contribution in [3.05, 3.63) is 0 Å². The van der Waals surface area contributed by atoms with Crippen molar-refractivity contribution in [3.8, 4) is 0 Å². The molecule has 21 heavy (non-hydrogen) atoms. The molecule has 7 heteroatoms. The number of Topliss-reactive ketones (excluding diaryl/α,β-unsaturated/α-hetero) is 1. The summed E-state index contributed by atoms with van der Waals surface area (Å²) in [7, 11) is 2.09. The molecule has 7 nitrogen and oxygen atoms in total. The molecule has 1 N–H and O–H groups in total. The summed E-state index contributed by atoms with van der Waals surface area (Å²) in [5.74, 6) is 0.0437. The first-order valence-electron chi connectivity index (χ1n) is 7.40. The van der Waals surface area contributed by atoms with Gasteiger partial charge in [-0.3, -0.25) is 14.5 Å². The maximum absolute atomic E-state index is 11.7. The van der Waals surface area contributed by atoms with E-state index in [1.54, 1.807) is 0 Å². The minimum absolute atomic E-state index is 0.00571. The Morgan fingerprint density at radius 2 is 1.71 bits per heavy atom. The van der Waals surface area contributed by atoms with Crippen molar-refractivity contribution in [1.82, 2.24) is 15.1 Å². The summed E-state index contributed by atoms with van der Waals surface area (Å²) in [4.78, 5) is 26.8. The Morgan fingerprint density at radius 3 is 2.38 bits per heavy atom. The molecule has 0 radical (unpaired) electrons. The molecule has 1 saturated heterocycles. The van der Waals surface area contributed by atoms with E-state index in [1.807, 2.05) is 0 Å². The second kappa shape index (κ2) is 10.7. The second-order valence-corrected chi connectivity index (χ2v) is 5.30. The van der Waals surface area contributed by atoms with Gasteiger partial charge in [0.25, 0.3) is 0 Å². The molecule has 1 amide bonds. The topological polar surface area (TPSA) is 71.1 Å². The summed E-state index contributed by atoms with van der Waals surface area (Å²) in [5, 5.41) is 2.84. The highest BCUT2D eigenvalue weighted by molar-refractivity contribution is 5.78. The number of ether oxygens (including phenoxy) is 2. The number of piperazine rings is 1. The second-order valence-electron chi connectivity index (χ2n) is 5.30. The number of nitrogens with one attached hydrogen (secondary N) is 1. The molecule has 0 unspecified atom stereocenters. The first kappa shape index (κ1) is 18.0. The lowest BCUT2D eigenvalue weighted by Crippen LogP contribution is -2.48. The fourth-order valence-corrected chi connectivity index (χ4v) is 1.96. The molecule has 0 spiro atoms. The highest BCUT2D eigenvalue weighted by Crippen LogP contribution is 1.97. The summed E-state index contributed by atoms with van der Waals surface area (Å²) < 4.78 is 10.4. The van der Waals surface area contributed by atoms with Gasteiger partial charge in [0.1, 0.15) is 6.61 Å². The molecule has 1 rings (SSSR count). The highest BCUT2D eigenvalue weighted by atomic mass is 16.5. The molecule has 0 aliphatic carbocycles. The molecule has 1 aliphatic heterocycles. The standard InChI is InChI=1S/C14H27N3O4/c1-13(18)12-21-10-9-20-8-3-15-14(19)11-17-6-4-16(2)5-7-17/h3-12H2,1-2H3,(H,15,19). The molecule has 0 saturated carbocycles. The van der Waals surface area contributed by atoms with Crippen molar-refractivity contribution in [1.29, 1.82) is 0 Å². The minimum atomic E-state index is 0.00571. The zero-order valence-corrected chi connectivity index (χ0v) is 13.1. The third-order valence-corrected chi connectivity index (χ3v) is 3.21. The summed E-state index contributed by atoms with van der Waals surface area (Å²) in [5.41, 5.74) is 0. The van der Waals surface area contributed by atoms with E-state index in [4.69, 9.17) is 9.47 Å². The fourth-order valence-electron chi connectivity index (χ4n) is 1.96. The van der Waals surface area contributed by atoms with Crippen molar-refractivity contribution in [3.63, 3.8) is 0 Å². The van der Waals surface area contributed by atoms with Gasteiger partial charge in [0, 0.05) is 32.7 Å². The average Bonchev–Trinajstić information content (AvgIpc) is 2.44. The summed E-state index contributed by atoms with van der Waals surface area (Å²) in [6.07, 6.45) is 0. The van der Waals surface area contributed by atoms with Gasteiger partial charge in [-0.1, -0.05) is 0 Å². The maximum Gasteiger partial charge on any atom is 0.234 e. The lowest BCUT2D eigenvalue weighted by molar-refractivity contribution is -0.123. The Kier molecular flexibility index (Phi) is 9.16. The van der Waals surface area contributed by atoms with Crippen LogP contribution in [0.15, 0.2) is 0 Å². The molecule has 0 aromatic carbocycles. The average molecular weight is 301 g/mol. The Hall–Kier alpha value is -1.02. The zero-order valence-electron chi connectivity index (χ0n) is 13.1. The van der Waals surface area contributed by atoms with Crippen molar-refractivity contribution in [2.24, 2.45) is 0 Å². The number of amides is 1. The number of carbonyl (C=O) groups excluding carboxylic acids is 2. The van der Waals surface area contributed by atoms with Crippen molar-refractivity contribution >= 4 is 11.7 Å². The van der Waals surface area contributed by atoms with E-state index in [2.05, 4.69) is 22.2 Å². The van der Waals surface area contributed by atoms with Crippen LogP contribution in [0, 0.1) is 0 Å². The maximum atomic E-state index is 11.7. The van der Waals surface area contributed by atoms with Crippen LogP contribution in [-0.2, 0) is 19.1 Å². The number of carbonyl (C=O) groups is 2. The first-order chi connectivity index (χ1) is 10.1. The van der Waals surface area contributed by atoms with Crippen molar-refractivity contribution in [2.45, 2.75) is 6.92 Å². The number of rotatable bonds is 10. The number of hydrogen-bond donors (Lipinski definition) is 1. The quantitative estimate of drug-likeness (QED) is 0.521. The molecule has 1 aliphatic rings. The fraction of sp³-hybridized carbons (Fsp3) is 0.857. The largest absolute Gasteiger partial charge is 0.377 e. The molecule has 1 fully saturated rings. The highest BCUT2D eigenvalue weighted by Gasteiger charge is 2.15. The van der Waals surface area contributed by atoms with Gasteiger partial charge in [0.15, 0.2) is 5.78 Å². The normalized spacial score (nSPS) is 16.9. The van der Waals surface area contributed by atoms with Crippen LogP contribution in [0.25, 0.3) is 0 Å². The minimum Gasteiger partial charge on any atom is -0.377 e. The van der Waals surface area contributed by atoms with Gasteiger partial charge in [-0.15, -0.1) is 0 Å². The van der Waals surface area contributed by atoms with Crippen LogP contribution in [0.1, 0.15) is 6.92 Å². The molecule has 0 bridgehead atoms. The van der Waals surface area contributed by atoms with Gasteiger partial charge in [0.2, 0.25) is 5.91 Å². The van der Waals surface area contributed by atoms with Crippen LogP contribution >= 0.6 is 0 Å². The van der Waals surface area contributed by atoms with E-state index in [1.165, 1.54) is 6.92 Å². The summed E-state index contributed by atoms with van der Waals surface area (Å²) in [6, 6.07) is 0. The Morgan fingerprint density at radius 1 is 1.05 bits per heavy atom. The van der Waals surface area contributed by atoms with Gasteiger partial charge in [0.05, 0.1) is 26.4 Å². The van der Waals surface area contributed by atoms with Crippen LogP contribution in [-0.4, -0.2) is 94.2 Å². The monoisotopic (exact) mass is 301 g/mol. The predicted molar refractivity (Wildman–Crippen MR) is 79.3 cm³/mol. The van der Waals surface area contributed by atoms with Gasteiger partial charge >= 0.3 is 0 Å². The molecule has 122 valence electrons. The zero-order chi connectivity index (χ0) is 15.5. The lowest BCUT2D eigenvalue weighted by atomic mass is 10.3. The number of nitrogens with zero attached hydrogens (tertiary/aromatic N) is 2. The van der Waals surface area contributed by atoms with Gasteiger partial charge in [-0.05, 0) is 14.0 Å². The number of ketones is 1. The van der Waals surface area contributed by atoms with E-state index in [-0.39, 0.29) is 18.3 Å². The van der Waals surface area contributed by atoms with E-state index in [0.717, 1.165) is 26.2 Å². The predicted octanol–water partition coefficient (Wildman–Crippen LogP) is -1.03. The van der Waals surface area contributed by atoms with Crippen LogP contribution in [0.4, 0.5) is 0 Å². The van der Waals surface area contributed by atoms with Crippen LogP contribution in [0.3, 0.4) is 0 Å². The Balaban J connectivity index is 1.90. The molecule has 0 atom stereocenters.